The second-order valence-electron chi connectivity index (χ2n) is 8.03. The highest BCUT2D eigenvalue weighted by Crippen LogP contribution is 2.25. The van der Waals surface area contributed by atoms with Crippen molar-refractivity contribution >= 4 is 23.3 Å². The van der Waals surface area contributed by atoms with E-state index in [0.717, 1.165) is 49.4 Å². The zero-order valence-corrected chi connectivity index (χ0v) is 16.1. The summed E-state index contributed by atoms with van der Waals surface area (Å²) in [5, 5.41) is 3.65. The lowest BCUT2D eigenvalue weighted by Gasteiger charge is -2.39. The monoisotopic (exact) mass is 363 g/mol. The summed E-state index contributed by atoms with van der Waals surface area (Å²) in [5.74, 6) is 2.35. The molecule has 3 rings (SSSR count). The fraction of sp³-hybridized carbons (Fsp3) is 0.650. The molecule has 2 saturated heterocycles. The predicted octanol–water partition coefficient (Wildman–Crippen LogP) is 4.56. The van der Waals surface area contributed by atoms with Crippen LogP contribution in [0.3, 0.4) is 0 Å². The summed E-state index contributed by atoms with van der Waals surface area (Å²) in [6.45, 7) is 10.1. The number of piperidine rings is 2. The zero-order chi connectivity index (χ0) is 17.8. The molecule has 4 nitrogen and oxygen atoms in total. The Morgan fingerprint density at radius 1 is 1.12 bits per heavy atom. The number of hydrogen-bond acceptors (Lipinski definition) is 2. The summed E-state index contributed by atoms with van der Waals surface area (Å²) >= 11 is 5.88. The van der Waals surface area contributed by atoms with Gasteiger partial charge in [-0.2, -0.15) is 0 Å². The third-order valence-electron chi connectivity index (χ3n) is 5.46. The number of halogens is 1. The van der Waals surface area contributed by atoms with Gasteiger partial charge in [0, 0.05) is 43.4 Å². The molecule has 0 aliphatic carbocycles. The Morgan fingerprint density at radius 3 is 2.32 bits per heavy atom. The van der Waals surface area contributed by atoms with Gasteiger partial charge in [-0.3, -0.25) is 0 Å². The fourth-order valence-corrected chi connectivity index (χ4v) is 4.49. The van der Waals surface area contributed by atoms with Gasteiger partial charge in [-0.25, -0.2) is 4.79 Å². The van der Waals surface area contributed by atoms with Crippen molar-refractivity contribution in [3.8, 4) is 0 Å². The van der Waals surface area contributed by atoms with E-state index in [0.29, 0.717) is 5.02 Å². The Morgan fingerprint density at radius 2 is 1.72 bits per heavy atom. The van der Waals surface area contributed by atoms with Crippen molar-refractivity contribution < 1.29 is 4.79 Å². The lowest BCUT2D eigenvalue weighted by Crippen LogP contribution is -2.46. The summed E-state index contributed by atoms with van der Waals surface area (Å²) in [6.07, 6.45) is 3.57. The Balaban J connectivity index is 1.43. The van der Waals surface area contributed by atoms with Gasteiger partial charge < -0.3 is 15.1 Å². The number of carbonyl (C=O) groups excluding carboxylic acids is 1. The van der Waals surface area contributed by atoms with Crippen LogP contribution in [-0.2, 0) is 0 Å². The maximum absolute atomic E-state index is 12.4. The van der Waals surface area contributed by atoms with Gasteiger partial charge in [-0.05, 0) is 61.3 Å². The number of carbonyl (C=O) groups is 1. The van der Waals surface area contributed by atoms with Gasteiger partial charge in [0.05, 0.1) is 0 Å². The van der Waals surface area contributed by atoms with E-state index in [-0.39, 0.29) is 6.03 Å². The molecule has 2 fully saturated rings. The highest BCUT2D eigenvalue weighted by molar-refractivity contribution is 6.30. The number of urea groups is 1. The fourth-order valence-electron chi connectivity index (χ4n) is 4.36. The van der Waals surface area contributed by atoms with Gasteiger partial charge in [0.1, 0.15) is 0 Å². The summed E-state index contributed by atoms with van der Waals surface area (Å²) in [6, 6.07) is 7.27. The zero-order valence-electron chi connectivity index (χ0n) is 15.4. The SMILES string of the molecule is CC1CC(C)CN(CC2CCN(C(=O)Nc3ccc(Cl)cc3)CC2)C1. The Bertz CT molecular complexity index is 559. The maximum atomic E-state index is 12.4. The molecule has 1 N–H and O–H groups in total. The molecule has 0 aromatic heterocycles. The lowest BCUT2D eigenvalue weighted by atomic mass is 9.89. The standard InChI is InChI=1S/C20H30ClN3O/c1-15-11-16(2)13-23(12-15)14-17-7-9-24(10-8-17)20(25)22-19-5-3-18(21)4-6-19/h3-6,15-17H,7-14H2,1-2H3,(H,22,25). The number of benzene rings is 1. The van der Waals surface area contributed by atoms with Crippen LogP contribution in [0, 0.1) is 17.8 Å². The summed E-state index contributed by atoms with van der Waals surface area (Å²) in [7, 11) is 0. The van der Waals surface area contributed by atoms with Crippen LogP contribution in [0.5, 0.6) is 0 Å². The first-order chi connectivity index (χ1) is 12.0. The van der Waals surface area contributed by atoms with Gasteiger partial charge in [0.25, 0.3) is 0 Å². The van der Waals surface area contributed by atoms with Crippen molar-refractivity contribution in [2.45, 2.75) is 33.1 Å². The average Bonchev–Trinajstić information content (AvgIpc) is 2.56. The normalized spacial score (nSPS) is 25.8. The predicted molar refractivity (Wildman–Crippen MR) is 104 cm³/mol. The highest BCUT2D eigenvalue weighted by Gasteiger charge is 2.27. The molecule has 0 saturated carbocycles. The largest absolute Gasteiger partial charge is 0.325 e. The molecule has 0 spiro atoms. The van der Waals surface area contributed by atoms with Crippen molar-refractivity contribution in [3.63, 3.8) is 0 Å². The van der Waals surface area contributed by atoms with Crippen LogP contribution in [0.25, 0.3) is 0 Å². The van der Waals surface area contributed by atoms with Crippen molar-refractivity contribution in [2.24, 2.45) is 17.8 Å². The van der Waals surface area contributed by atoms with E-state index >= 15 is 0 Å². The molecule has 1 aromatic rings. The van der Waals surface area contributed by atoms with E-state index in [1.54, 1.807) is 12.1 Å². The Labute approximate surface area is 156 Å². The first-order valence-electron chi connectivity index (χ1n) is 9.53. The third-order valence-corrected chi connectivity index (χ3v) is 5.71. The number of rotatable bonds is 3. The van der Waals surface area contributed by atoms with E-state index < -0.39 is 0 Å². The van der Waals surface area contributed by atoms with Crippen LogP contribution in [0.1, 0.15) is 33.1 Å². The topological polar surface area (TPSA) is 35.6 Å². The summed E-state index contributed by atoms with van der Waals surface area (Å²) in [4.78, 5) is 17.0. The lowest BCUT2D eigenvalue weighted by molar-refractivity contribution is 0.101. The number of hydrogen-bond donors (Lipinski definition) is 1. The molecule has 2 aliphatic heterocycles. The van der Waals surface area contributed by atoms with Crippen molar-refractivity contribution in [2.75, 3.05) is 38.0 Å². The number of anilines is 1. The maximum Gasteiger partial charge on any atom is 0.321 e. The van der Waals surface area contributed by atoms with Gasteiger partial charge in [-0.15, -0.1) is 0 Å². The molecule has 2 amide bonds. The molecule has 2 heterocycles. The number of amides is 2. The van der Waals surface area contributed by atoms with Gasteiger partial charge in [0.2, 0.25) is 0 Å². The highest BCUT2D eigenvalue weighted by atomic mass is 35.5. The molecule has 25 heavy (non-hydrogen) atoms. The van der Waals surface area contributed by atoms with Gasteiger partial charge in [0.15, 0.2) is 0 Å². The van der Waals surface area contributed by atoms with Crippen LogP contribution in [-0.4, -0.2) is 48.6 Å². The molecule has 0 bridgehead atoms. The third kappa shape index (κ3) is 5.35. The van der Waals surface area contributed by atoms with E-state index in [1.165, 1.54) is 26.1 Å². The first-order valence-corrected chi connectivity index (χ1v) is 9.91. The number of nitrogens with zero attached hydrogens (tertiary/aromatic N) is 2. The molecule has 2 atom stereocenters. The molecule has 0 radical (unpaired) electrons. The average molecular weight is 364 g/mol. The molecule has 2 unspecified atom stereocenters. The van der Waals surface area contributed by atoms with E-state index in [2.05, 4.69) is 24.1 Å². The van der Waals surface area contributed by atoms with Gasteiger partial charge in [-0.1, -0.05) is 25.4 Å². The van der Waals surface area contributed by atoms with E-state index in [9.17, 15) is 4.79 Å². The van der Waals surface area contributed by atoms with Crippen LogP contribution in [0.15, 0.2) is 24.3 Å². The minimum Gasteiger partial charge on any atom is -0.325 e. The van der Waals surface area contributed by atoms with Crippen LogP contribution in [0.4, 0.5) is 10.5 Å². The Hall–Kier alpha value is -1.26. The second-order valence-corrected chi connectivity index (χ2v) is 8.47. The van der Waals surface area contributed by atoms with Gasteiger partial charge >= 0.3 is 6.03 Å². The van der Waals surface area contributed by atoms with Crippen molar-refractivity contribution in [1.82, 2.24) is 9.80 Å². The van der Waals surface area contributed by atoms with Crippen LogP contribution < -0.4 is 5.32 Å². The van der Waals surface area contributed by atoms with E-state index in [4.69, 9.17) is 11.6 Å². The quantitative estimate of drug-likeness (QED) is 0.854. The van der Waals surface area contributed by atoms with Crippen LogP contribution >= 0.6 is 11.6 Å². The molecular weight excluding hydrogens is 334 g/mol. The molecule has 5 heteroatoms. The Kier molecular flexibility index (Phi) is 6.24. The summed E-state index contributed by atoms with van der Waals surface area (Å²) in [5.41, 5.74) is 0.799. The first kappa shape index (κ1) is 18.5. The van der Waals surface area contributed by atoms with Crippen molar-refractivity contribution in [3.05, 3.63) is 29.3 Å². The minimum atomic E-state index is 0.000916. The smallest absolute Gasteiger partial charge is 0.321 e. The number of nitrogens with one attached hydrogen (secondary N) is 1. The van der Waals surface area contributed by atoms with Crippen LogP contribution in [0.2, 0.25) is 5.02 Å². The molecule has 1 aromatic carbocycles. The van der Waals surface area contributed by atoms with E-state index in [1.807, 2.05) is 17.0 Å². The molecule has 138 valence electrons. The summed E-state index contributed by atoms with van der Waals surface area (Å²) < 4.78 is 0. The molecular formula is C20H30ClN3O. The van der Waals surface area contributed by atoms with Crippen molar-refractivity contribution in [1.29, 1.82) is 0 Å². The number of likely N-dealkylation sites (tertiary alicyclic amines) is 2. The second kappa shape index (κ2) is 8.41. The molecule has 2 aliphatic rings. The minimum absolute atomic E-state index is 0.000916.